The average molecular weight is 436 g/mol. The highest BCUT2D eigenvalue weighted by atomic mass is 16.6. The van der Waals surface area contributed by atoms with Crippen LogP contribution in [-0.2, 0) is 14.3 Å². The van der Waals surface area contributed by atoms with Crippen molar-refractivity contribution in [3.8, 4) is 0 Å². The molecule has 1 aromatic carbocycles. The van der Waals surface area contributed by atoms with Crippen molar-refractivity contribution in [3.63, 3.8) is 0 Å². The van der Waals surface area contributed by atoms with E-state index in [0.29, 0.717) is 24.3 Å². The zero-order valence-electron chi connectivity index (χ0n) is 18.6. The molecule has 1 heterocycles. The molecule has 9 heteroatoms. The number of nitrogens with one attached hydrogen (secondary N) is 2. The number of hydrogen-bond acceptors (Lipinski definition) is 6. The summed E-state index contributed by atoms with van der Waals surface area (Å²) in [4.78, 5) is 38.9. The van der Waals surface area contributed by atoms with Gasteiger partial charge in [0.25, 0.3) is 11.8 Å². The number of piperidine rings is 1. The molecule has 1 aromatic rings. The van der Waals surface area contributed by atoms with Crippen LogP contribution in [0.15, 0.2) is 24.3 Å². The number of amides is 3. The van der Waals surface area contributed by atoms with Crippen LogP contribution < -0.4 is 10.6 Å². The molecule has 9 nitrogen and oxygen atoms in total. The molecule has 1 aliphatic rings. The Bertz CT molecular complexity index is 777. The van der Waals surface area contributed by atoms with Gasteiger partial charge in [0.05, 0.1) is 6.54 Å². The number of nitrogens with zero attached hydrogens (tertiary/aromatic N) is 1. The molecule has 1 aliphatic heterocycles. The lowest BCUT2D eigenvalue weighted by Crippen LogP contribution is -2.42. The lowest BCUT2D eigenvalue weighted by molar-refractivity contribution is -0.125. The maximum atomic E-state index is 12.8. The van der Waals surface area contributed by atoms with Crippen LogP contribution in [0.5, 0.6) is 0 Å². The minimum atomic E-state index is -0.931. The molecule has 0 spiro atoms. The number of benzene rings is 1. The molecule has 0 aliphatic carbocycles. The summed E-state index contributed by atoms with van der Waals surface area (Å²) in [6, 6.07) is 6.67. The molecule has 1 saturated heterocycles. The first-order valence-electron chi connectivity index (χ1n) is 10.4. The highest BCUT2D eigenvalue weighted by Gasteiger charge is 2.25. The molecule has 2 atom stereocenters. The lowest BCUT2D eigenvalue weighted by Gasteiger charge is -2.32. The maximum Gasteiger partial charge on any atom is 0.407 e. The van der Waals surface area contributed by atoms with Crippen molar-refractivity contribution >= 4 is 23.6 Å². The van der Waals surface area contributed by atoms with Gasteiger partial charge >= 0.3 is 6.09 Å². The van der Waals surface area contributed by atoms with E-state index in [4.69, 9.17) is 9.47 Å². The predicted molar refractivity (Wildman–Crippen MR) is 116 cm³/mol. The van der Waals surface area contributed by atoms with Gasteiger partial charge in [-0.05, 0) is 57.7 Å². The minimum Gasteiger partial charge on any atom is -0.444 e. The Labute approximate surface area is 183 Å². The van der Waals surface area contributed by atoms with Crippen molar-refractivity contribution in [2.24, 2.45) is 5.92 Å². The average Bonchev–Trinajstić information content (AvgIpc) is 2.72. The molecule has 31 heavy (non-hydrogen) atoms. The second-order valence-corrected chi connectivity index (χ2v) is 8.62. The van der Waals surface area contributed by atoms with Crippen LogP contribution in [0.25, 0.3) is 0 Å². The van der Waals surface area contributed by atoms with Crippen LogP contribution in [0.3, 0.4) is 0 Å². The largest absolute Gasteiger partial charge is 0.444 e. The number of rotatable bonds is 7. The van der Waals surface area contributed by atoms with Crippen LogP contribution in [0, 0.1) is 5.92 Å². The van der Waals surface area contributed by atoms with Gasteiger partial charge in [-0.1, -0.05) is 6.07 Å². The molecule has 0 bridgehead atoms. The van der Waals surface area contributed by atoms with E-state index in [2.05, 4.69) is 10.6 Å². The van der Waals surface area contributed by atoms with Gasteiger partial charge in [-0.15, -0.1) is 0 Å². The lowest BCUT2D eigenvalue weighted by atomic mass is 9.98. The van der Waals surface area contributed by atoms with Crippen LogP contribution >= 0.6 is 0 Å². The van der Waals surface area contributed by atoms with Crippen molar-refractivity contribution in [2.45, 2.75) is 45.3 Å². The molecule has 0 aromatic heterocycles. The molecular formula is C22H33N3O6. The first-order chi connectivity index (χ1) is 14.6. The fourth-order valence-electron chi connectivity index (χ4n) is 3.31. The van der Waals surface area contributed by atoms with Crippen molar-refractivity contribution in [3.05, 3.63) is 29.8 Å². The van der Waals surface area contributed by atoms with Crippen LogP contribution in [0.1, 0.15) is 44.0 Å². The summed E-state index contributed by atoms with van der Waals surface area (Å²) >= 11 is 0. The number of likely N-dealkylation sites (tertiary alicyclic amines) is 1. The molecule has 0 radical (unpaired) electrons. The van der Waals surface area contributed by atoms with Gasteiger partial charge in [-0.25, -0.2) is 4.79 Å². The Morgan fingerprint density at radius 2 is 2.03 bits per heavy atom. The highest BCUT2D eigenvalue weighted by molar-refractivity contribution is 5.98. The molecule has 0 unspecified atom stereocenters. The third-order valence-corrected chi connectivity index (χ3v) is 4.85. The van der Waals surface area contributed by atoms with Gasteiger partial charge in [-0.3, -0.25) is 9.59 Å². The number of aliphatic hydroxyl groups is 1. The topological polar surface area (TPSA) is 117 Å². The number of ether oxygens (including phenoxy) is 2. The van der Waals surface area contributed by atoms with Gasteiger partial charge in [0.1, 0.15) is 5.60 Å². The summed E-state index contributed by atoms with van der Waals surface area (Å²) in [5.74, 6) is -0.494. The fourth-order valence-corrected chi connectivity index (χ4v) is 3.31. The monoisotopic (exact) mass is 435 g/mol. The Kier molecular flexibility index (Phi) is 8.82. The minimum absolute atomic E-state index is 0.0633. The van der Waals surface area contributed by atoms with E-state index in [1.54, 1.807) is 49.9 Å². The van der Waals surface area contributed by atoms with Crippen LogP contribution in [0.2, 0.25) is 0 Å². The van der Waals surface area contributed by atoms with Crippen LogP contribution in [-0.4, -0.2) is 73.0 Å². The molecule has 0 saturated carbocycles. The summed E-state index contributed by atoms with van der Waals surface area (Å²) in [6.07, 6.45) is 0.191. The number of aliphatic hydroxyl groups excluding tert-OH is 1. The molecule has 2 rings (SSSR count). The third-order valence-electron chi connectivity index (χ3n) is 4.85. The van der Waals surface area contributed by atoms with E-state index in [0.717, 1.165) is 12.8 Å². The molecule has 3 N–H and O–H groups in total. The normalized spacial score (nSPS) is 17.6. The number of methoxy groups -OCH3 is 1. The van der Waals surface area contributed by atoms with Gasteiger partial charge in [-0.2, -0.15) is 0 Å². The van der Waals surface area contributed by atoms with Crippen molar-refractivity contribution in [1.82, 2.24) is 10.2 Å². The van der Waals surface area contributed by atoms with E-state index in [9.17, 15) is 19.5 Å². The van der Waals surface area contributed by atoms with Crippen molar-refractivity contribution in [1.29, 1.82) is 0 Å². The van der Waals surface area contributed by atoms with Gasteiger partial charge < -0.3 is 30.1 Å². The summed E-state index contributed by atoms with van der Waals surface area (Å²) in [6.45, 7) is 6.41. The maximum absolute atomic E-state index is 12.8. The quantitative estimate of drug-likeness (QED) is 0.603. The SMILES string of the molecule is CO[C@@H](CNC(=O)OC(C)(C)C)C(=O)Nc1cccc(C(=O)N2CCC[C@H](CO)C2)c1. The van der Waals surface area contributed by atoms with Crippen molar-refractivity contribution < 1.29 is 29.0 Å². The second kappa shape index (κ2) is 11.1. The third kappa shape index (κ3) is 7.84. The highest BCUT2D eigenvalue weighted by Crippen LogP contribution is 2.20. The number of carbonyl (C=O) groups excluding carboxylic acids is 3. The van der Waals surface area contributed by atoms with Gasteiger partial charge in [0, 0.05) is 38.1 Å². The molecule has 1 fully saturated rings. The number of carbonyl (C=O) groups is 3. The smallest absolute Gasteiger partial charge is 0.407 e. The molecule has 172 valence electrons. The summed E-state index contributed by atoms with van der Waals surface area (Å²) in [5, 5.41) is 14.6. The summed E-state index contributed by atoms with van der Waals surface area (Å²) in [7, 11) is 1.37. The summed E-state index contributed by atoms with van der Waals surface area (Å²) < 4.78 is 10.3. The van der Waals surface area contributed by atoms with E-state index in [-0.39, 0.29) is 25.0 Å². The Hall–Kier alpha value is -2.65. The summed E-state index contributed by atoms with van der Waals surface area (Å²) in [5.41, 5.74) is 0.260. The van der Waals surface area contributed by atoms with Crippen LogP contribution in [0.4, 0.5) is 10.5 Å². The Morgan fingerprint density at radius 1 is 1.29 bits per heavy atom. The molecule has 3 amide bonds. The zero-order valence-corrected chi connectivity index (χ0v) is 18.6. The number of anilines is 1. The fraction of sp³-hybridized carbons (Fsp3) is 0.591. The van der Waals surface area contributed by atoms with Gasteiger partial charge in [0.2, 0.25) is 0 Å². The number of alkyl carbamates (subject to hydrolysis) is 1. The van der Waals surface area contributed by atoms with E-state index >= 15 is 0 Å². The molecular weight excluding hydrogens is 402 g/mol. The van der Waals surface area contributed by atoms with E-state index < -0.39 is 23.7 Å². The zero-order chi connectivity index (χ0) is 23.0. The standard InChI is InChI=1S/C22H33N3O6/c1-22(2,3)31-21(29)23-12-18(30-4)19(27)24-17-9-5-8-16(11-17)20(28)25-10-6-7-15(13-25)14-26/h5,8-9,11,15,18,26H,6-7,10,12-14H2,1-4H3,(H,23,29)(H,24,27)/t15-,18-/m0/s1. The first-order valence-corrected chi connectivity index (χ1v) is 10.4. The van der Waals surface area contributed by atoms with Crippen molar-refractivity contribution in [2.75, 3.05) is 38.7 Å². The predicted octanol–water partition coefficient (Wildman–Crippen LogP) is 2.01. The Morgan fingerprint density at radius 3 is 2.68 bits per heavy atom. The van der Waals surface area contributed by atoms with E-state index in [1.165, 1.54) is 7.11 Å². The Balaban J connectivity index is 1.96. The van der Waals surface area contributed by atoms with Gasteiger partial charge in [0.15, 0.2) is 6.10 Å². The van der Waals surface area contributed by atoms with E-state index in [1.807, 2.05) is 0 Å². The first kappa shape index (κ1) is 24.6. The number of hydrogen-bond donors (Lipinski definition) is 3. The second-order valence-electron chi connectivity index (χ2n) is 8.62.